The standard InChI is InChI=1S/C9H14NSi/c1-11(2,3)10-9-7-5-4-6-8-9/h4-8H,1-3H3. The fraction of sp³-hybridized carbons (Fsp3) is 0.333. The van der Waals surface area contributed by atoms with Gasteiger partial charge < -0.3 is 4.98 Å². The summed E-state index contributed by atoms with van der Waals surface area (Å²) in [6.45, 7) is 6.71. The Balaban J connectivity index is 2.66. The molecule has 0 aliphatic carbocycles. The lowest BCUT2D eigenvalue weighted by molar-refractivity contribution is 1.24. The number of benzene rings is 1. The van der Waals surface area contributed by atoms with Gasteiger partial charge in [-0.05, 0) is 31.8 Å². The summed E-state index contributed by atoms with van der Waals surface area (Å²) < 4.78 is 0. The van der Waals surface area contributed by atoms with Gasteiger partial charge in [0.15, 0.2) is 8.24 Å². The maximum absolute atomic E-state index is 4.63. The van der Waals surface area contributed by atoms with Gasteiger partial charge in [0.2, 0.25) is 0 Å². The van der Waals surface area contributed by atoms with Gasteiger partial charge in [-0.2, -0.15) is 0 Å². The molecule has 0 aliphatic heterocycles. The van der Waals surface area contributed by atoms with Gasteiger partial charge in [0.1, 0.15) is 0 Å². The van der Waals surface area contributed by atoms with E-state index in [0.717, 1.165) is 5.69 Å². The molecule has 0 atom stereocenters. The molecule has 0 aliphatic rings. The molecular formula is C9H14NSi. The van der Waals surface area contributed by atoms with Crippen LogP contribution in [0.3, 0.4) is 0 Å². The van der Waals surface area contributed by atoms with E-state index in [1.54, 1.807) is 0 Å². The van der Waals surface area contributed by atoms with Crippen LogP contribution in [0.25, 0.3) is 0 Å². The van der Waals surface area contributed by atoms with Gasteiger partial charge >= 0.3 is 0 Å². The lowest BCUT2D eigenvalue weighted by atomic mass is 10.3. The van der Waals surface area contributed by atoms with Crippen LogP contribution in [0.4, 0.5) is 5.69 Å². The van der Waals surface area contributed by atoms with E-state index in [2.05, 4.69) is 36.8 Å². The van der Waals surface area contributed by atoms with Crippen LogP contribution in [-0.2, 0) is 0 Å². The molecule has 2 heteroatoms. The molecule has 1 rings (SSSR count). The topological polar surface area (TPSA) is 14.1 Å². The molecule has 59 valence electrons. The van der Waals surface area contributed by atoms with Gasteiger partial charge in [-0.15, -0.1) is 0 Å². The molecule has 0 bridgehead atoms. The van der Waals surface area contributed by atoms with Crippen molar-refractivity contribution in [3.8, 4) is 0 Å². The molecule has 0 aromatic heterocycles. The predicted octanol–water partition coefficient (Wildman–Crippen LogP) is 2.76. The Labute approximate surface area is 69.5 Å². The zero-order chi connectivity index (χ0) is 8.32. The second-order valence-electron chi connectivity index (χ2n) is 3.62. The van der Waals surface area contributed by atoms with E-state index < -0.39 is 8.24 Å². The van der Waals surface area contributed by atoms with Crippen LogP contribution in [-0.4, -0.2) is 8.24 Å². The first-order valence-corrected chi connectivity index (χ1v) is 7.31. The quantitative estimate of drug-likeness (QED) is 0.597. The maximum Gasteiger partial charge on any atom is 0.173 e. The van der Waals surface area contributed by atoms with Crippen molar-refractivity contribution in [1.29, 1.82) is 0 Å². The molecule has 1 aromatic rings. The van der Waals surface area contributed by atoms with Crippen molar-refractivity contribution < 1.29 is 0 Å². The molecule has 1 nitrogen and oxygen atoms in total. The highest BCUT2D eigenvalue weighted by Gasteiger charge is 2.14. The minimum Gasteiger partial charge on any atom is -0.322 e. The smallest absolute Gasteiger partial charge is 0.173 e. The Morgan fingerprint density at radius 1 is 1.00 bits per heavy atom. The van der Waals surface area contributed by atoms with Crippen LogP contribution in [0.15, 0.2) is 30.3 Å². The molecular weight excluding hydrogens is 150 g/mol. The summed E-state index contributed by atoms with van der Waals surface area (Å²) in [5.41, 5.74) is 1.12. The van der Waals surface area contributed by atoms with Gasteiger partial charge in [-0.1, -0.05) is 18.2 Å². The first-order chi connectivity index (χ1) is 5.08. The summed E-state index contributed by atoms with van der Waals surface area (Å²) in [5, 5.41) is 0. The molecule has 0 spiro atoms. The third-order valence-electron chi connectivity index (χ3n) is 1.22. The molecule has 0 heterocycles. The van der Waals surface area contributed by atoms with Gasteiger partial charge in [0.25, 0.3) is 0 Å². The van der Waals surface area contributed by atoms with Gasteiger partial charge in [0.05, 0.1) is 0 Å². The highest BCUT2D eigenvalue weighted by Crippen LogP contribution is 2.10. The lowest BCUT2D eigenvalue weighted by Gasteiger charge is -2.15. The van der Waals surface area contributed by atoms with Crippen molar-refractivity contribution in [3.05, 3.63) is 30.3 Å². The van der Waals surface area contributed by atoms with E-state index >= 15 is 0 Å². The Hall–Kier alpha value is -0.763. The Morgan fingerprint density at radius 3 is 2.00 bits per heavy atom. The van der Waals surface area contributed by atoms with Crippen molar-refractivity contribution in [3.63, 3.8) is 0 Å². The number of hydrogen-bond acceptors (Lipinski definition) is 0. The SMILES string of the molecule is C[Si](C)(C)[N]c1ccccc1. The first kappa shape index (κ1) is 8.33. The van der Waals surface area contributed by atoms with Crippen molar-refractivity contribution >= 4 is 13.9 Å². The molecule has 1 aromatic carbocycles. The van der Waals surface area contributed by atoms with Crippen LogP contribution in [0.2, 0.25) is 19.6 Å². The fourth-order valence-corrected chi connectivity index (χ4v) is 1.81. The molecule has 0 fully saturated rings. The molecule has 0 saturated heterocycles. The second kappa shape index (κ2) is 3.09. The summed E-state index contributed by atoms with van der Waals surface area (Å²) in [6.07, 6.45) is 0. The van der Waals surface area contributed by atoms with E-state index in [-0.39, 0.29) is 0 Å². The van der Waals surface area contributed by atoms with Crippen LogP contribution in [0.5, 0.6) is 0 Å². The largest absolute Gasteiger partial charge is 0.322 e. The average Bonchev–Trinajstić information content (AvgIpc) is 1.85. The van der Waals surface area contributed by atoms with Gasteiger partial charge in [-0.25, -0.2) is 0 Å². The van der Waals surface area contributed by atoms with E-state index in [0.29, 0.717) is 0 Å². The highest BCUT2D eigenvalue weighted by atomic mass is 28.3. The summed E-state index contributed by atoms with van der Waals surface area (Å²) in [5.74, 6) is 0. The zero-order valence-corrected chi connectivity index (χ0v) is 8.33. The van der Waals surface area contributed by atoms with Gasteiger partial charge in [0, 0.05) is 5.69 Å². The second-order valence-corrected chi connectivity index (χ2v) is 8.18. The molecule has 0 saturated carbocycles. The molecule has 0 amide bonds. The van der Waals surface area contributed by atoms with Crippen molar-refractivity contribution in [2.45, 2.75) is 19.6 Å². The van der Waals surface area contributed by atoms with E-state index in [1.807, 2.05) is 18.2 Å². The average molecular weight is 164 g/mol. The minimum absolute atomic E-state index is 1.12. The van der Waals surface area contributed by atoms with E-state index in [9.17, 15) is 0 Å². The van der Waals surface area contributed by atoms with Crippen LogP contribution in [0, 0.1) is 0 Å². The number of rotatable bonds is 2. The number of nitrogens with zero attached hydrogens (tertiary/aromatic N) is 1. The normalized spacial score (nSPS) is 11.2. The molecule has 1 radical (unpaired) electrons. The van der Waals surface area contributed by atoms with Crippen molar-refractivity contribution in [1.82, 2.24) is 4.98 Å². The van der Waals surface area contributed by atoms with Crippen molar-refractivity contribution in [2.75, 3.05) is 0 Å². The maximum atomic E-state index is 4.63. The highest BCUT2D eigenvalue weighted by molar-refractivity contribution is 6.74. The zero-order valence-electron chi connectivity index (χ0n) is 7.33. The van der Waals surface area contributed by atoms with E-state index in [4.69, 9.17) is 0 Å². The predicted molar refractivity (Wildman–Crippen MR) is 51.6 cm³/mol. The Kier molecular flexibility index (Phi) is 2.34. The third kappa shape index (κ3) is 3.23. The van der Waals surface area contributed by atoms with E-state index in [1.165, 1.54) is 0 Å². The van der Waals surface area contributed by atoms with Crippen LogP contribution in [0.1, 0.15) is 0 Å². The Bertz CT molecular complexity index is 213. The summed E-state index contributed by atoms with van der Waals surface area (Å²) in [4.78, 5) is 4.63. The Morgan fingerprint density at radius 2 is 1.55 bits per heavy atom. The number of hydrogen-bond donors (Lipinski definition) is 0. The van der Waals surface area contributed by atoms with Crippen LogP contribution < -0.4 is 4.98 Å². The van der Waals surface area contributed by atoms with Gasteiger partial charge in [-0.3, -0.25) is 0 Å². The summed E-state index contributed by atoms with van der Waals surface area (Å²) in [6, 6.07) is 10.2. The molecule has 0 N–H and O–H groups in total. The lowest BCUT2D eigenvalue weighted by Crippen LogP contribution is -2.31. The van der Waals surface area contributed by atoms with Crippen molar-refractivity contribution in [2.24, 2.45) is 0 Å². The first-order valence-electron chi connectivity index (χ1n) is 3.86. The minimum atomic E-state index is -1.27. The summed E-state index contributed by atoms with van der Waals surface area (Å²) in [7, 11) is -1.27. The monoisotopic (exact) mass is 164 g/mol. The summed E-state index contributed by atoms with van der Waals surface area (Å²) >= 11 is 0. The molecule has 0 unspecified atom stereocenters. The molecule has 11 heavy (non-hydrogen) atoms. The van der Waals surface area contributed by atoms with Crippen LogP contribution >= 0.6 is 0 Å². The third-order valence-corrected chi connectivity index (χ3v) is 2.15. The fourth-order valence-electron chi connectivity index (χ4n) is 0.890.